The number of para-hydroxylation sites is 1. The van der Waals surface area contributed by atoms with Crippen molar-refractivity contribution >= 4 is 11.8 Å². The molecular weight excluding hydrogens is 282 g/mol. The Morgan fingerprint density at radius 3 is 2.36 bits per heavy atom. The van der Waals surface area contributed by atoms with Crippen molar-refractivity contribution in [2.45, 2.75) is 26.9 Å². The van der Waals surface area contributed by atoms with E-state index in [9.17, 15) is 9.59 Å². The first-order valence-electron chi connectivity index (χ1n) is 6.99. The third-order valence-corrected chi connectivity index (χ3v) is 3.50. The minimum atomic E-state index is -0.652. The second kappa shape index (κ2) is 6.47. The molecule has 0 aliphatic heterocycles. The molecule has 1 aromatic carbocycles. The third kappa shape index (κ3) is 3.03. The van der Waals surface area contributed by atoms with E-state index in [2.05, 4.69) is 4.98 Å². The lowest BCUT2D eigenvalue weighted by Crippen LogP contribution is -2.25. The maximum Gasteiger partial charge on any atom is 0.354 e. The summed E-state index contributed by atoms with van der Waals surface area (Å²) in [5.41, 5.74) is 1.99. The molecule has 1 aromatic heterocycles. The summed E-state index contributed by atoms with van der Waals surface area (Å²) in [5.74, 6) is -0.0380. The SMILES string of the molecule is COC(=O)c1[nH]c(C)c(C(=O)[C@@H](C)Oc2ccccc2)c1C. The molecule has 0 radical (unpaired) electrons. The molecule has 5 heteroatoms. The minimum absolute atomic E-state index is 0.176. The Morgan fingerprint density at radius 1 is 1.14 bits per heavy atom. The van der Waals surface area contributed by atoms with Gasteiger partial charge in [0.2, 0.25) is 5.78 Å². The van der Waals surface area contributed by atoms with Crippen molar-refractivity contribution in [2.75, 3.05) is 7.11 Å². The molecule has 22 heavy (non-hydrogen) atoms. The van der Waals surface area contributed by atoms with Crippen LogP contribution in [-0.2, 0) is 4.74 Å². The Hall–Kier alpha value is -2.56. The molecule has 0 aliphatic carbocycles. The second-order valence-corrected chi connectivity index (χ2v) is 5.05. The Bertz CT molecular complexity index is 688. The van der Waals surface area contributed by atoms with Gasteiger partial charge in [-0.05, 0) is 38.5 Å². The number of hydrogen-bond donors (Lipinski definition) is 1. The van der Waals surface area contributed by atoms with E-state index in [0.29, 0.717) is 28.3 Å². The van der Waals surface area contributed by atoms with E-state index >= 15 is 0 Å². The van der Waals surface area contributed by atoms with Gasteiger partial charge < -0.3 is 14.5 Å². The van der Waals surface area contributed by atoms with Crippen LogP contribution in [0.3, 0.4) is 0 Å². The summed E-state index contributed by atoms with van der Waals surface area (Å²) in [6.45, 7) is 5.17. The van der Waals surface area contributed by atoms with E-state index in [1.165, 1.54) is 7.11 Å². The lowest BCUT2D eigenvalue weighted by Gasteiger charge is -2.14. The monoisotopic (exact) mass is 301 g/mol. The van der Waals surface area contributed by atoms with Gasteiger partial charge in [0.05, 0.1) is 7.11 Å². The van der Waals surface area contributed by atoms with Crippen LogP contribution in [-0.4, -0.2) is 30.0 Å². The number of aromatic nitrogens is 1. The number of aryl methyl sites for hydroxylation is 1. The van der Waals surface area contributed by atoms with E-state index < -0.39 is 12.1 Å². The number of ether oxygens (including phenoxy) is 2. The van der Waals surface area contributed by atoms with Crippen LogP contribution in [0.15, 0.2) is 30.3 Å². The second-order valence-electron chi connectivity index (χ2n) is 5.05. The Morgan fingerprint density at radius 2 is 1.77 bits per heavy atom. The van der Waals surface area contributed by atoms with Crippen LogP contribution in [0, 0.1) is 13.8 Å². The van der Waals surface area contributed by atoms with Gasteiger partial charge in [0.15, 0.2) is 6.10 Å². The first kappa shape index (κ1) is 15.8. The van der Waals surface area contributed by atoms with Crippen LogP contribution in [0.5, 0.6) is 5.75 Å². The molecule has 0 saturated carbocycles. The van der Waals surface area contributed by atoms with Crippen LogP contribution >= 0.6 is 0 Å². The molecule has 2 aromatic rings. The molecule has 0 saturated heterocycles. The van der Waals surface area contributed by atoms with Gasteiger partial charge in [0.1, 0.15) is 11.4 Å². The number of ketones is 1. The third-order valence-electron chi connectivity index (χ3n) is 3.50. The van der Waals surface area contributed by atoms with Crippen LogP contribution in [0.1, 0.15) is 39.0 Å². The van der Waals surface area contributed by atoms with Crippen molar-refractivity contribution in [3.63, 3.8) is 0 Å². The Kier molecular flexibility index (Phi) is 4.65. The predicted molar refractivity (Wildman–Crippen MR) is 82.5 cm³/mol. The first-order valence-corrected chi connectivity index (χ1v) is 6.99. The highest BCUT2D eigenvalue weighted by Gasteiger charge is 2.26. The molecule has 2 rings (SSSR count). The number of aromatic amines is 1. The maximum absolute atomic E-state index is 12.6. The zero-order valence-electron chi connectivity index (χ0n) is 13.1. The molecule has 0 spiro atoms. The van der Waals surface area contributed by atoms with Gasteiger partial charge in [0, 0.05) is 11.3 Å². The lowest BCUT2D eigenvalue weighted by molar-refractivity contribution is 0.0594. The molecule has 0 amide bonds. The van der Waals surface area contributed by atoms with Crippen molar-refractivity contribution < 1.29 is 19.1 Å². The number of Topliss-reactive ketones (excluding diaryl/α,β-unsaturated/α-hetero) is 1. The van der Waals surface area contributed by atoms with Gasteiger partial charge in [-0.2, -0.15) is 0 Å². The summed E-state index contributed by atoms with van der Waals surface area (Å²) >= 11 is 0. The predicted octanol–water partition coefficient (Wildman–Crippen LogP) is 3.07. The lowest BCUT2D eigenvalue weighted by atomic mass is 10.0. The van der Waals surface area contributed by atoms with Crippen molar-refractivity contribution in [1.29, 1.82) is 0 Å². The van der Waals surface area contributed by atoms with Gasteiger partial charge in [0.25, 0.3) is 0 Å². The summed E-state index contributed by atoms with van der Waals surface area (Å²) in [4.78, 5) is 27.2. The standard InChI is InChI=1S/C17H19NO4/c1-10-14(11(2)18-15(10)17(20)21-4)16(19)12(3)22-13-8-6-5-7-9-13/h5-9,12,18H,1-4H3/t12-/m1/s1. The fraction of sp³-hybridized carbons (Fsp3) is 0.294. The Labute approximate surface area is 129 Å². The van der Waals surface area contributed by atoms with Crippen molar-refractivity contribution in [3.05, 3.63) is 52.8 Å². The molecule has 1 heterocycles. The number of nitrogens with one attached hydrogen (secondary N) is 1. The molecule has 116 valence electrons. The van der Waals surface area contributed by atoms with Crippen molar-refractivity contribution in [3.8, 4) is 5.75 Å². The summed E-state index contributed by atoms with van der Waals surface area (Å²) in [6, 6.07) is 9.15. The number of hydrogen-bond acceptors (Lipinski definition) is 4. The highest BCUT2D eigenvalue weighted by atomic mass is 16.5. The van der Waals surface area contributed by atoms with Gasteiger partial charge in [-0.15, -0.1) is 0 Å². The van der Waals surface area contributed by atoms with Crippen LogP contribution < -0.4 is 4.74 Å². The molecule has 0 unspecified atom stereocenters. The highest BCUT2D eigenvalue weighted by Crippen LogP contribution is 2.22. The minimum Gasteiger partial charge on any atom is -0.483 e. The maximum atomic E-state index is 12.6. The van der Waals surface area contributed by atoms with Crippen LogP contribution in [0.2, 0.25) is 0 Å². The zero-order chi connectivity index (χ0) is 16.3. The van der Waals surface area contributed by atoms with Crippen LogP contribution in [0.25, 0.3) is 0 Å². The molecule has 1 N–H and O–H groups in total. The molecule has 1 atom stereocenters. The van der Waals surface area contributed by atoms with Gasteiger partial charge in [-0.3, -0.25) is 4.79 Å². The molecule has 0 aliphatic rings. The summed E-state index contributed by atoms with van der Waals surface area (Å²) in [6.07, 6.45) is -0.652. The van der Waals surface area contributed by atoms with Crippen molar-refractivity contribution in [2.24, 2.45) is 0 Å². The van der Waals surface area contributed by atoms with E-state index in [1.54, 1.807) is 32.9 Å². The van der Waals surface area contributed by atoms with E-state index in [-0.39, 0.29) is 5.78 Å². The smallest absolute Gasteiger partial charge is 0.354 e. The topological polar surface area (TPSA) is 68.4 Å². The Balaban J connectivity index is 2.26. The summed E-state index contributed by atoms with van der Waals surface area (Å²) in [5, 5.41) is 0. The van der Waals surface area contributed by atoms with Gasteiger partial charge in [-0.1, -0.05) is 18.2 Å². The number of rotatable bonds is 5. The normalized spacial score (nSPS) is 11.8. The fourth-order valence-electron chi connectivity index (χ4n) is 2.39. The molecular formula is C17H19NO4. The summed E-state index contributed by atoms with van der Waals surface area (Å²) < 4.78 is 10.4. The zero-order valence-corrected chi connectivity index (χ0v) is 13.1. The average Bonchev–Trinajstić information content (AvgIpc) is 2.81. The van der Waals surface area contributed by atoms with Gasteiger partial charge in [-0.25, -0.2) is 4.79 Å². The number of H-pyrrole nitrogens is 1. The van der Waals surface area contributed by atoms with E-state index in [1.807, 2.05) is 18.2 Å². The number of carbonyl (C=O) groups excluding carboxylic acids is 2. The van der Waals surface area contributed by atoms with Crippen LogP contribution in [0.4, 0.5) is 0 Å². The van der Waals surface area contributed by atoms with Gasteiger partial charge >= 0.3 is 5.97 Å². The number of benzene rings is 1. The largest absolute Gasteiger partial charge is 0.483 e. The van der Waals surface area contributed by atoms with E-state index in [4.69, 9.17) is 9.47 Å². The van der Waals surface area contributed by atoms with Crippen molar-refractivity contribution in [1.82, 2.24) is 4.98 Å². The number of esters is 1. The molecule has 5 nitrogen and oxygen atoms in total. The average molecular weight is 301 g/mol. The first-order chi connectivity index (χ1) is 10.5. The molecule has 0 fully saturated rings. The summed E-state index contributed by atoms with van der Waals surface area (Å²) in [7, 11) is 1.31. The number of carbonyl (C=O) groups is 2. The fourth-order valence-corrected chi connectivity index (χ4v) is 2.39. The molecule has 0 bridgehead atoms. The number of methoxy groups -OCH3 is 1. The highest BCUT2D eigenvalue weighted by molar-refractivity contribution is 6.04. The van der Waals surface area contributed by atoms with E-state index in [0.717, 1.165) is 0 Å². The quantitative estimate of drug-likeness (QED) is 0.680.